The standard InChI is InChI=1S/C21H16N2O2S/c22-21-23-20(24)19(26-21)12-14-5-3-9-17(11-14)25-13-16-8-4-7-15-6-1-2-10-18(15)16/h1-12H,13H2,(H2,22,23,24)/b19-12-. The predicted octanol–water partition coefficient (Wildman–Crippen LogP) is 4.35. The summed E-state index contributed by atoms with van der Waals surface area (Å²) in [6.07, 6.45) is 1.78. The fourth-order valence-corrected chi connectivity index (χ4v) is 3.53. The maximum atomic E-state index is 11.7. The van der Waals surface area contributed by atoms with E-state index in [-0.39, 0.29) is 11.1 Å². The van der Waals surface area contributed by atoms with Crippen molar-refractivity contribution in [1.82, 2.24) is 0 Å². The molecule has 128 valence electrons. The Bertz CT molecular complexity index is 1050. The minimum Gasteiger partial charge on any atom is -0.489 e. The molecule has 0 spiro atoms. The molecule has 4 rings (SSSR count). The van der Waals surface area contributed by atoms with Gasteiger partial charge in [0, 0.05) is 0 Å². The SMILES string of the molecule is NC1=NC(=O)/C(=C/c2cccc(OCc3cccc4ccccc34)c2)S1. The number of rotatable bonds is 4. The lowest BCUT2D eigenvalue weighted by atomic mass is 10.1. The number of carbonyl (C=O) groups is 1. The van der Waals surface area contributed by atoms with Crippen molar-refractivity contribution in [3.63, 3.8) is 0 Å². The number of hydrogen-bond acceptors (Lipinski definition) is 4. The van der Waals surface area contributed by atoms with Gasteiger partial charge >= 0.3 is 0 Å². The van der Waals surface area contributed by atoms with Crippen LogP contribution in [-0.2, 0) is 11.4 Å². The van der Waals surface area contributed by atoms with Crippen molar-refractivity contribution in [2.75, 3.05) is 0 Å². The maximum absolute atomic E-state index is 11.7. The van der Waals surface area contributed by atoms with E-state index in [1.54, 1.807) is 6.08 Å². The molecule has 3 aromatic rings. The van der Waals surface area contributed by atoms with Crippen molar-refractivity contribution in [3.05, 3.63) is 82.8 Å². The molecular formula is C21H16N2O2S. The summed E-state index contributed by atoms with van der Waals surface area (Å²) in [5, 5.41) is 2.67. The molecule has 0 atom stereocenters. The van der Waals surface area contributed by atoms with E-state index in [1.165, 1.54) is 22.5 Å². The number of thioether (sulfide) groups is 1. The average Bonchev–Trinajstić information content (AvgIpc) is 2.97. The zero-order valence-corrected chi connectivity index (χ0v) is 14.7. The van der Waals surface area contributed by atoms with Crippen LogP contribution >= 0.6 is 11.8 Å². The minimum absolute atomic E-state index is 0.282. The fourth-order valence-electron chi connectivity index (χ4n) is 2.85. The van der Waals surface area contributed by atoms with Crippen molar-refractivity contribution >= 4 is 39.7 Å². The quantitative estimate of drug-likeness (QED) is 0.703. The van der Waals surface area contributed by atoms with E-state index < -0.39 is 0 Å². The van der Waals surface area contributed by atoms with Gasteiger partial charge in [-0.15, -0.1) is 0 Å². The van der Waals surface area contributed by atoms with Crippen LogP contribution in [-0.4, -0.2) is 11.1 Å². The Morgan fingerprint density at radius 1 is 1.04 bits per heavy atom. The van der Waals surface area contributed by atoms with Crippen LogP contribution in [0, 0.1) is 0 Å². The first-order chi connectivity index (χ1) is 12.7. The molecule has 0 fully saturated rings. The topological polar surface area (TPSA) is 64.7 Å². The molecule has 26 heavy (non-hydrogen) atoms. The molecule has 0 radical (unpaired) electrons. The average molecular weight is 360 g/mol. The van der Waals surface area contributed by atoms with Gasteiger partial charge in [-0.3, -0.25) is 4.79 Å². The van der Waals surface area contributed by atoms with Crippen LogP contribution in [0.3, 0.4) is 0 Å². The highest BCUT2D eigenvalue weighted by Gasteiger charge is 2.19. The van der Waals surface area contributed by atoms with Crippen LogP contribution in [0.1, 0.15) is 11.1 Å². The van der Waals surface area contributed by atoms with E-state index in [0.29, 0.717) is 11.5 Å². The monoisotopic (exact) mass is 360 g/mol. The molecule has 0 aromatic heterocycles. The Hall–Kier alpha value is -3.05. The van der Waals surface area contributed by atoms with E-state index in [4.69, 9.17) is 10.5 Å². The largest absolute Gasteiger partial charge is 0.489 e. The third-order valence-electron chi connectivity index (χ3n) is 4.07. The predicted molar refractivity (Wildman–Crippen MR) is 107 cm³/mol. The van der Waals surface area contributed by atoms with Gasteiger partial charge in [-0.05, 0) is 51.9 Å². The van der Waals surface area contributed by atoms with Gasteiger partial charge in [-0.2, -0.15) is 4.99 Å². The van der Waals surface area contributed by atoms with Crippen LogP contribution in [0.25, 0.3) is 16.8 Å². The summed E-state index contributed by atoms with van der Waals surface area (Å²) in [4.78, 5) is 16.0. The van der Waals surface area contributed by atoms with Gasteiger partial charge in [0.25, 0.3) is 5.91 Å². The van der Waals surface area contributed by atoms with Crippen LogP contribution < -0.4 is 10.5 Å². The number of nitrogens with two attached hydrogens (primary N) is 1. The fraction of sp³-hybridized carbons (Fsp3) is 0.0476. The molecule has 0 bridgehead atoms. The maximum Gasteiger partial charge on any atom is 0.286 e. The van der Waals surface area contributed by atoms with E-state index >= 15 is 0 Å². The second-order valence-electron chi connectivity index (χ2n) is 5.87. The molecule has 1 aliphatic heterocycles. The Morgan fingerprint density at radius 3 is 2.69 bits per heavy atom. The molecule has 0 saturated carbocycles. The first kappa shape index (κ1) is 16.4. The number of carbonyl (C=O) groups excluding carboxylic acids is 1. The summed E-state index contributed by atoms with van der Waals surface area (Å²) < 4.78 is 5.98. The van der Waals surface area contributed by atoms with Gasteiger partial charge in [0.05, 0.1) is 4.91 Å². The van der Waals surface area contributed by atoms with E-state index in [0.717, 1.165) is 16.9 Å². The van der Waals surface area contributed by atoms with Crippen LogP contribution in [0.15, 0.2) is 76.6 Å². The lowest BCUT2D eigenvalue weighted by Crippen LogP contribution is -2.01. The number of aliphatic imine (C=N–C) groups is 1. The Balaban J connectivity index is 1.53. The molecule has 1 heterocycles. The number of amidine groups is 1. The second-order valence-corrected chi connectivity index (χ2v) is 6.93. The van der Waals surface area contributed by atoms with Gasteiger partial charge in [0.2, 0.25) is 0 Å². The Labute approximate surface area is 155 Å². The molecule has 4 nitrogen and oxygen atoms in total. The summed E-state index contributed by atoms with van der Waals surface area (Å²) in [6, 6.07) is 22.1. The first-order valence-corrected chi connectivity index (χ1v) is 8.98. The molecule has 0 aliphatic carbocycles. The van der Waals surface area contributed by atoms with Crippen LogP contribution in [0.5, 0.6) is 5.75 Å². The minimum atomic E-state index is -0.297. The van der Waals surface area contributed by atoms with Gasteiger partial charge in [0.1, 0.15) is 12.4 Å². The van der Waals surface area contributed by atoms with E-state index in [9.17, 15) is 4.79 Å². The lowest BCUT2D eigenvalue weighted by molar-refractivity contribution is -0.113. The highest BCUT2D eigenvalue weighted by molar-refractivity contribution is 8.18. The summed E-state index contributed by atoms with van der Waals surface area (Å²) in [5.41, 5.74) is 7.59. The van der Waals surface area contributed by atoms with Gasteiger partial charge in [0.15, 0.2) is 5.17 Å². The van der Waals surface area contributed by atoms with E-state index in [1.807, 2.05) is 42.5 Å². The number of ether oxygens (including phenoxy) is 1. The zero-order valence-electron chi connectivity index (χ0n) is 13.9. The number of fused-ring (bicyclic) bond motifs is 1. The van der Waals surface area contributed by atoms with Crippen molar-refractivity contribution < 1.29 is 9.53 Å². The lowest BCUT2D eigenvalue weighted by Gasteiger charge is -2.10. The van der Waals surface area contributed by atoms with Crippen molar-refractivity contribution in [1.29, 1.82) is 0 Å². The normalized spacial score (nSPS) is 15.5. The van der Waals surface area contributed by atoms with Crippen LogP contribution in [0.4, 0.5) is 0 Å². The number of amides is 1. The third-order valence-corrected chi connectivity index (χ3v) is 4.88. The number of nitrogens with zero attached hydrogens (tertiary/aromatic N) is 1. The summed E-state index contributed by atoms with van der Waals surface area (Å²) >= 11 is 1.18. The number of hydrogen-bond donors (Lipinski definition) is 1. The third kappa shape index (κ3) is 3.48. The van der Waals surface area contributed by atoms with Crippen molar-refractivity contribution in [2.24, 2.45) is 10.7 Å². The number of benzene rings is 3. The summed E-state index contributed by atoms with van der Waals surface area (Å²) in [6.45, 7) is 0.477. The van der Waals surface area contributed by atoms with Gasteiger partial charge < -0.3 is 10.5 Å². The molecule has 0 saturated heterocycles. The molecule has 1 amide bonds. The Kier molecular flexibility index (Phi) is 4.46. The van der Waals surface area contributed by atoms with E-state index in [2.05, 4.69) is 29.3 Å². The highest BCUT2D eigenvalue weighted by Crippen LogP contribution is 2.27. The van der Waals surface area contributed by atoms with Crippen molar-refractivity contribution in [3.8, 4) is 5.75 Å². The van der Waals surface area contributed by atoms with Crippen molar-refractivity contribution in [2.45, 2.75) is 6.61 Å². The Morgan fingerprint density at radius 2 is 1.85 bits per heavy atom. The smallest absolute Gasteiger partial charge is 0.286 e. The van der Waals surface area contributed by atoms with Gasteiger partial charge in [-0.25, -0.2) is 0 Å². The first-order valence-electron chi connectivity index (χ1n) is 8.16. The molecule has 2 N–H and O–H groups in total. The second kappa shape index (κ2) is 7.06. The zero-order chi connectivity index (χ0) is 17.9. The molecule has 3 aromatic carbocycles. The molecular weight excluding hydrogens is 344 g/mol. The highest BCUT2D eigenvalue weighted by atomic mass is 32.2. The van der Waals surface area contributed by atoms with Crippen LogP contribution in [0.2, 0.25) is 0 Å². The molecule has 1 aliphatic rings. The summed E-state index contributed by atoms with van der Waals surface area (Å²) in [5.74, 6) is 0.450. The molecule has 5 heteroatoms. The van der Waals surface area contributed by atoms with Gasteiger partial charge in [-0.1, -0.05) is 54.6 Å². The molecule has 0 unspecified atom stereocenters. The summed E-state index contributed by atoms with van der Waals surface area (Å²) in [7, 11) is 0.